The van der Waals surface area contributed by atoms with E-state index in [4.69, 9.17) is 9.47 Å². The van der Waals surface area contributed by atoms with Gasteiger partial charge in [0.1, 0.15) is 5.75 Å². The molecule has 0 atom stereocenters. The molecule has 5 nitrogen and oxygen atoms in total. The maximum Gasteiger partial charge on any atom is 0.339 e. The smallest absolute Gasteiger partial charge is 0.339 e. The quantitative estimate of drug-likeness (QED) is 0.451. The summed E-state index contributed by atoms with van der Waals surface area (Å²) in [5.74, 6) is -0.147. The summed E-state index contributed by atoms with van der Waals surface area (Å²) in [5, 5.41) is 2.93. The molecule has 0 radical (unpaired) electrons. The Bertz CT molecular complexity index is 839. The van der Waals surface area contributed by atoms with E-state index in [0.29, 0.717) is 11.3 Å². The molecule has 1 amide bonds. The second-order valence-electron chi connectivity index (χ2n) is 6.79. The Labute approximate surface area is 165 Å². The first kappa shape index (κ1) is 19.7. The van der Waals surface area contributed by atoms with Gasteiger partial charge in [-0.15, -0.1) is 0 Å². The molecule has 0 aliphatic heterocycles. The number of para-hydroxylation sites is 1. The van der Waals surface area contributed by atoms with Crippen molar-refractivity contribution in [1.29, 1.82) is 0 Å². The van der Waals surface area contributed by atoms with E-state index in [9.17, 15) is 9.59 Å². The van der Waals surface area contributed by atoms with Gasteiger partial charge in [0.2, 0.25) is 0 Å². The van der Waals surface area contributed by atoms with Gasteiger partial charge in [-0.2, -0.15) is 0 Å². The van der Waals surface area contributed by atoms with Crippen molar-refractivity contribution >= 4 is 23.5 Å². The number of benzene rings is 2. The van der Waals surface area contributed by atoms with E-state index < -0.39 is 5.97 Å². The minimum Gasteiger partial charge on any atom is -0.496 e. The molecule has 1 fully saturated rings. The minimum absolute atomic E-state index is 0.198. The van der Waals surface area contributed by atoms with Crippen molar-refractivity contribution in [3.05, 3.63) is 65.7 Å². The maximum absolute atomic E-state index is 12.8. The predicted octanol–water partition coefficient (Wildman–Crippen LogP) is 3.84. The number of nitrogens with one attached hydrogen (secondary N) is 1. The van der Waals surface area contributed by atoms with Gasteiger partial charge in [0, 0.05) is 11.6 Å². The van der Waals surface area contributed by atoms with E-state index in [2.05, 4.69) is 5.32 Å². The van der Waals surface area contributed by atoms with E-state index in [1.165, 1.54) is 0 Å². The molecule has 0 aromatic heterocycles. The third-order valence-electron chi connectivity index (χ3n) is 4.80. The monoisotopic (exact) mass is 379 g/mol. The van der Waals surface area contributed by atoms with E-state index in [0.717, 1.165) is 36.8 Å². The SMILES string of the molecule is COc1ccccc1/C=C(/C(=O)OCC(=O)NC1CCCC1)c1ccccc1. The molecule has 3 rings (SSSR count). The van der Waals surface area contributed by atoms with E-state index in [1.807, 2.05) is 54.6 Å². The van der Waals surface area contributed by atoms with E-state index >= 15 is 0 Å². The van der Waals surface area contributed by atoms with Crippen LogP contribution >= 0.6 is 0 Å². The van der Waals surface area contributed by atoms with Crippen LogP contribution in [0.5, 0.6) is 5.75 Å². The molecule has 1 aliphatic rings. The van der Waals surface area contributed by atoms with Crippen molar-refractivity contribution in [2.45, 2.75) is 31.7 Å². The summed E-state index contributed by atoms with van der Waals surface area (Å²) in [6.45, 7) is -0.286. The third-order valence-corrected chi connectivity index (χ3v) is 4.80. The van der Waals surface area contributed by atoms with Crippen molar-refractivity contribution in [2.75, 3.05) is 13.7 Å². The van der Waals surface area contributed by atoms with Crippen LogP contribution in [-0.4, -0.2) is 31.6 Å². The summed E-state index contributed by atoms with van der Waals surface area (Å²) >= 11 is 0. The molecule has 1 N–H and O–H groups in total. The van der Waals surface area contributed by atoms with Crippen LogP contribution in [0.2, 0.25) is 0 Å². The van der Waals surface area contributed by atoms with Crippen molar-refractivity contribution in [1.82, 2.24) is 5.32 Å². The second-order valence-corrected chi connectivity index (χ2v) is 6.79. The summed E-state index contributed by atoms with van der Waals surface area (Å²) in [6.07, 6.45) is 5.96. The Morgan fingerprint density at radius 2 is 1.71 bits per heavy atom. The highest BCUT2D eigenvalue weighted by Crippen LogP contribution is 2.25. The third kappa shape index (κ3) is 5.22. The lowest BCUT2D eigenvalue weighted by Crippen LogP contribution is -2.36. The fourth-order valence-corrected chi connectivity index (χ4v) is 3.37. The molecule has 1 aliphatic carbocycles. The fourth-order valence-electron chi connectivity index (χ4n) is 3.37. The van der Waals surface area contributed by atoms with Crippen LogP contribution < -0.4 is 10.1 Å². The van der Waals surface area contributed by atoms with Gasteiger partial charge in [0.05, 0.1) is 12.7 Å². The summed E-state index contributed by atoms with van der Waals surface area (Å²) in [6, 6.07) is 16.9. The number of methoxy groups -OCH3 is 1. The first-order chi connectivity index (χ1) is 13.7. The van der Waals surface area contributed by atoms with Gasteiger partial charge in [-0.3, -0.25) is 4.79 Å². The summed E-state index contributed by atoms with van der Waals surface area (Å²) in [5.41, 5.74) is 1.85. The van der Waals surface area contributed by atoms with Gasteiger partial charge in [0.25, 0.3) is 5.91 Å². The van der Waals surface area contributed by atoms with E-state index in [1.54, 1.807) is 13.2 Å². The first-order valence-electron chi connectivity index (χ1n) is 9.54. The molecular formula is C23H25NO4. The number of hydrogen-bond donors (Lipinski definition) is 1. The van der Waals surface area contributed by atoms with Crippen LogP contribution in [0.1, 0.15) is 36.8 Å². The number of amides is 1. The molecule has 2 aromatic rings. The van der Waals surface area contributed by atoms with Gasteiger partial charge < -0.3 is 14.8 Å². The highest BCUT2D eigenvalue weighted by molar-refractivity contribution is 6.22. The first-order valence-corrected chi connectivity index (χ1v) is 9.54. The lowest BCUT2D eigenvalue weighted by molar-refractivity contribution is -0.143. The number of ether oxygens (including phenoxy) is 2. The Kier molecular flexibility index (Phi) is 6.84. The molecular weight excluding hydrogens is 354 g/mol. The highest BCUT2D eigenvalue weighted by atomic mass is 16.5. The normalized spacial score (nSPS) is 14.5. The Morgan fingerprint density at radius 1 is 1.04 bits per heavy atom. The molecule has 1 saturated carbocycles. The molecule has 28 heavy (non-hydrogen) atoms. The molecule has 5 heteroatoms. The van der Waals surface area contributed by atoms with Crippen LogP contribution in [0.25, 0.3) is 11.6 Å². The zero-order valence-electron chi connectivity index (χ0n) is 16.0. The molecule has 2 aromatic carbocycles. The number of esters is 1. The van der Waals surface area contributed by atoms with Crippen LogP contribution in [0.15, 0.2) is 54.6 Å². The predicted molar refractivity (Wildman–Crippen MR) is 109 cm³/mol. The molecule has 0 bridgehead atoms. The van der Waals surface area contributed by atoms with Crippen molar-refractivity contribution in [3.8, 4) is 5.75 Å². The van der Waals surface area contributed by atoms with Gasteiger partial charge in [0.15, 0.2) is 6.61 Å². The summed E-state index contributed by atoms with van der Waals surface area (Å²) < 4.78 is 10.7. The molecule has 0 spiro atoms. The lowest BCUT2D eigenvalue weighted by atomic mass is 10.0. The van der Waals surface area contributed by atoms with Crippen LogP contribution in [0.4, 0.5) is 0 Å². The number of rotatable bonds is 7. The summed E-state index contributed by atoms with van der Waals surface area (Å²) in [7, 11) is 1.58. The van der Waals surface area contributed by atoms with Gasteiger partial charge in [-0.25, -0.2) is 4.79 Å². The maximum atomic E-state index is 12.8. The zero-order chi connectivity index (χ0) is 19.8. The van der Waals surface area contributed by atoms with Crippen LogP contribution in [-0.2, 0) is 14.3 Å². The molecule has 0 unspecified atom stereocenters. The number of carbonyl (C=O) groups excluding carboxylic acids is 2. The van der Waals surface area contributed by atoms with Gasteiger partial charge >= 0.3 is 5.97 Å². The number of hydrogen-bond acceptors (Lipinski definition) is 4. The van der Waals surface area contributed by atoms with Crippen molar-refractivity contribution in [3.63, 3.8) is 0 Å². The Hall–Kier alpha value is -3.08. The average Bonchev–Trinajstić information content (AvgIpc) is 3.24. The van der Waals surface area contributed by atoms with E-state index in [-0.39, 0.29) is 18.6 Å². The Balaban J connectivity index is 1.76. The highest BCUT2D eigenvalue weighted by Gasteiger charge is 2.20. The minimum atomic E-state index is -0.543. The standard InChI is InChI=1S/C23H25NO4/c1-27-21-14-8-5-11-18(21)15-20(17-9-3-2-4-10-17)23(26)28-16-22(25)24-19-12-6-7-13-19/h2-5,8-11,14-15,19H,6-7,12-13,16H2,1H3,(H,24,25)/b20-15+. The summed E-state index contributed by atoms with van der Waals surface area (Å²) in [4.78, 5) is 24.9. The van der Waals surface area contributed by atoms with Gasteiger partial charge in [-0.05, 0) is 30.5 Å². The van der Waals surface area contributed by atoms with Crippen LogP contribution in [0, 0.1) is 0 Å². The molecule has 146 valence electrons. The molecule has 0 saturated heterocycles. The zero-order valence-corrected chi connectivity index (χ0v) is 16.0. The largest absolute Gasteiger partial charge is 0.496 e. The topological polar surface area (TPSA) is 64.6 Å². The number of carbonyl (C=O) groups is 2. The Morgan fingerprint density at radius 3 is 2.43 bits per heavy atom. The molecule has 0 heterocycles. The van der Waals surface area contributed by atoms with Crippen LogP contribution in [0.3, 0.4) is 0 Å². The van der Waals surface area contributed by atoms with Crippen molar-refractivity contribution < 1.29 is 19.1 Å². The average molecular weight is 379 g/mol. The van der Waals surface area contributed by atoms with Crippen molar-refractivity contribution in [2.24, 2.45) is 0 Å². The van der Waals surface area contributed by atoms with Gasteiger partial charge in [-0.1, -0.05) is 61.4 Å². The second kappa shape index (κ2) is 9.74. The fraction of sp³-hybridized carbons (Fsp3) is 0.304. The lowest BCUT2D eigenvalue weighted by Gasteiger charge is -2.13.